The number of amides is 1. The second-order valence-corrected chi connectivity index (χ2v) is 8.66. The van der Waals surface area contributed by atoms with E-state index in [1.54, 1.807) is 0 Å². The SMILES string of the molecule is CCCc1cccc(N2CCN(CCC3CCC(NC(=O)CC#N)CC3)CC2)c1. The fourth-order valence-electron chi connectivity index (χ4n) is 4.74. The molecule has 29 heavy (non-hydrogen) atoms. The smallest absolute Gasteiger partial charge is 0.234 e. The summed E-state index contributed by atoms with van der Waals surface area (Å²) in [4.78, 5) is 16.7. The zero-order chi connectivity index (χ0) is 20.5. The van der Waals surface area contributed by atoms with E-state index in [4.69, 9.17) is 5.26 Å². The van der Waals surface area contributed by atoms with Gasteiger partial charge in [-0.15, -0.1) is 0 Å². The normalized spacial score (nSPS) is 22.8. The lowest BCUT2D eigenvalue weighted by molar-refractivity contribution is -0.121. The molecular formula is C24H36N4O. The van der Waals surface area contributed by atoms with Crippen LogP contribution in [0, 0.1) is 17.2 Å². The number of nitrogens with zero attached hydrogens (tertiary/aromatic N) is 3. The number of hydrogen-bond acceptors (Lipinski definition) is 4. The van der Waals surface area contributed by atoms with Crippen LogP contribution >= 0.6 is 0 Å². The lowest BCUT2D eigenvalue weighted by Crippen LogP contribution is -2.47. The number of nitrogens with one attached hydrogen (secondary N) is 1. The Morgan fingerprint density at radius 3 is 2.62 bits per heavy atom. The first kappa shape index (κ1) is 21.6. The summed E-state index contributed by atoms with van der Waals surface area (Å²) in [6.45, 7) is 7.97. The third-order valence-electron chi connectivity index (χ3n) is 6.49. The van der Waals surface area contributed by atoms with Crippen LogP contribution in [0.25, 0.3) is 0 Å². The summed E-state index contributed by atoms with van der Waals surface area (Å²) in [6.07, 6.45) is 8.12. The van der Waals surface area contributed by atoms with Gasteiger partial charge in [0.05, 0.1) is 6.07 Å². The number of carbonyl (C=O) groups is 1. The van der Waals surface area contributed by atoms with Crippen molar-refractivity contribution in [2.45, 2.75) is 64.3 Å². The van der Waals surface area contributed by atoms with Crippen LogP contribution in [-0.4, -0.2) is 49.6 Å². The van der Waals surface area contributed by atoms with E-state index in [0.717, 1.165) is 51.4 Å². The Morgan fingerprint density at radius 2 is 1.93 bits per heavy atom. The number of benzene rings is 1. The summed E-state index contributed by atoms with van der Waals surface area (Å²) in [6, 6.07) is 11.3. The van der Waals surface area contributed by atoms with Crippen molar-refractivity contribution in [1.82, 2.24) is 10.2 Å². The van der Waals surface area contributed by atoms with Crippen molar-refractivity contribution in [2.75, 3.05) is 37.6 Å². The summed E-state index contributed by atoms with van der Waals surface area (Å²) in [5.41, 5.74) is 2.83. The van der Waals surface area contributed by atoms with Crippen LogP contribution in [0.15, 0.2) is 24.3 Å². The second-order valence-electron chi connectivity index (χ2n) is 8.66. The van der Waals surface area contributed by atoms with E-state index >= 15 is 0 Å². The summed E-state index contributed by atoms with van der Waals surface area (Å²) < 4.78 is 0. The predicted molar refractivity (Wildman–Crippen MR) is 118 cm³/mol. The quantitative estimate of drug-likeness (QED) is 0.727. The van der Waals surface area contributed by atoms with Gasteiger partial charge in [0, 0.05) is 37.9 Å². The molecule has 5 nitrogen and oxygen atoms in total. The molecule has 1 aromatic carbocycles. The first-order valence-electron chi connectivity index (χ1n) is 11.4. The third-order valence-corrected chi connectivity index (χ3v) is 6.49. The maximum Gasteiger partial charge on any atom is 0.234 e. The molecule has 1 heterocycles. The van der Waals surface area contributed by atoms with Gasteiger partial charge < -0.3 is 10.2 Å². The topological polar surface area (TPSA) is 59.4 Å². The Hall–Kier alpha value is -2.06. The Morgan fingerprint density at radius 1 is 1.17 bits per heavy atom. The van der Waals surface area contributed by atoms with Gasteiger partial charge in [0.25, 0.3) is 0 Å². The van der Waals surface area contributed by atoms with Gasteiger partial charge in [-0.25, -0.2) is 0 Å². The highest BCUT2D eigenvalue weighted by Gasteiger charge is 2.24. The van der Waals surface area contributed by atoms with E-state index in [0.29, 0.717) is 0 Å². The van der Waals surface area contributed by atoms with Crippen LogP contribution in [0.3, 0.4) is 0 Å². The monoisotopic (exact) mass is 396 g/mol. The number of anilines is 1. The van der Waals surface area contributed by atoms with Crippen molar-refractivity contribution >= 4 is 11.6 Å². The Balaban J connectivity index is 1.34. The summed E-state index contributed by atoms with van der Waals surface area (Å²) >= 11 is 0. The molecule has 1 saturated carbocycles. The van der Waals surface area contributed by atoms with Crippen molar-refractivity contribution in [3.63, 3.8) is 0 Å². The largest absolute Gasteiger partial charge is 0.369 e. The van der Waals surface area contributed by atoms with E-state index in [1.807, 2.05) is 6.07 Å². The average Bonchev–Trinajstić information content (AvgIpc) is 2.74. The minimum Gasteiger partial charge on any atom is -0.369 e. The van der Waals surface area contributed by atoms with E-state index in [2.05, 4.69) is 46.3 Å². The minimum atomic E-state index is -0.117. The van der Waals surface area contributed by atoms with Crippen molar-refractivity contribution in [2.24, 2.45) is 5.92 Å². The summed E-state index contributed by atoms with van der Waals surface area (Å²) in [5.74, 6) is 0.664. The van der Waals surface area contributed by atoms with Gasteiger partial charge in [-0.05, 0) is 68.7 Å². The standard InChI is InChI=1S/C24H36N4O/c1-2-4-21-5-3-6-23(19-21)28-17-15-27(16-18-28)14-12-20-7-9-22(10-8-20)26-24(29)11-13-25/h3,5-6,19-20,22H,2,4,7-12,14-18H2,1H3,(H,26,29). The molecule has 2 fully saturated rings. The van der Waals surface area contributed by atoms with E-state index < -0.39 is 0 Å². The molecule has 3 rings (SSSR count). The van der Waals surface area contributed by atoms with Crippen LogP contribution in [0.5, 0.6) is 0 Å². The molecule has 0 unspecified atom stereocenters. The highest BCUT2D eigenvalue weighted by Crippen LogP contribution is 2.27. The summed E-state index contributed by atoms with van der Waals surface area (Å²) in [5, 5.41) is 11.6. The number of piperazine rings is 1. The van der Waals surface area contributed by atoms with Gasteiger partial charge >= 0.3 is 0 Å². The Labute approximate surface area is 176 Å². The molecule has 1 aromatic rings. The van der Waals surface area contributed by atoms with Gasteiger partial charge in [-0.2, -0.15) is 5.26 Å². The number of hydrogen-bond donors (Lipinski definition) is 1. The molecule has 0 radical (unpaired) electrons. The van der Waals surface area contributed by atoms with Gasteiger partial charge in [-0.3, -0.25) is 9.69 Å². The van der Waals surface area contributed by atoms with Crippen LogP contribution in [-0.2, 0) is 11.2 Å². The molecule has 0 aromatic heterocycles. The first-order chi connectivity index (χ1) is 14.2. The zero-order valence-electron chi connectivity index (χ0n) is 17.9. The van der Waals surface area contributed by atoms with Crippen molar-refractivity contribution < 1.29 is 4.79 Å². The minimum absolute atomic E-state index is 0.0190. The molecule has 2 aliphatic rings. The fraction of sp³-hybridized carbons (Fsp3) is 0.667. The molecule has 1 N–H and O–H groups in total. The molecule has 1 aliphatic heterocycles. The summed E-state index contributed by atoms with van der Waals surface area (Å²) in [7, 11) is 0. The average molecular weight is 397 g/mol. The molecule has 5 heteroatoms. The number of nitriles is 1. The van der Waals surface area contributed by atoms with E-state index in [1.165, 1.54) is 43.5 Å². The molecule has 1 amide bonds. The molecule has 0 atom stereocenters. The van der Waals surface area contributed by atoms with Gasteiger partial charge in [0.1, 0.15) is 6.42 Å². The highest BCUT2D eigenvalue weighted by molar-refractivity contribution is 5.78. The van der Waals surface area contributed by atoms with Crippen LogP contribution in [0.2, 0.25) is 0 Å². The lowest BCUT2D eigenvalue weighted by Gasteiger charge is -2.37. The molecule has 0 bridgehead atoms. The predicted octanol–water partition coefficient (Wildman–Crippen LogP) is 3.74. The number of rotatable bonds is 8. The van der Waals surface area contributed by atoms with Gasteiger partial charge in [0.2, 0.25) is 5.91 Å². The van der Waals surface area contributed by atoms with E-state index in [9.17, 15) is 4.79 Å². The zero-order valence-corrected chi connectivity index (χ0v) is 17.9. The lowest BCUT2D eigenvalue weighted by atomic mass is 9.84. The molecular weight excluding hydrogens is 360 g/mol. The third kappa shape index (κ3) is 6.75. The first-order valence-corrected chi connectivity index (χ1v) is 11.4. The Kier molecular flexibility index (Phi) is 8.37. The molecule has 158 valence electrons. The Bertz CT molecular complexity index is 682. The van der Waals surface area contributed by atoms with Crippen LogP contribution < -0.4 is 10.2 Å². The van der Waals surface area contributed by atoms with Crippen LogP contribution in [0.4, 0.5) is 5.69 Å². The van der Waals surface area contributed by atoms with Crippen molar-refractivity contribution in [3.8, 4) is 6.07 Å². The van der Waals surface area contributed by atoms with Crippen molar-refractivity contribution in [3.05, 3.63) is 29.8 Å². The van der Waals surface area contributed by atoms with Gasteiger partial charge in [0.15, 0.2) is 0 Å². The van der Waals surface area contributed by atoms with E-state index in [-0.39, 0.29) is 18.4 Å². The maximum atomic E-state index is 11.6. The van der Waals surface area contributed by atoms with Crippen molar-refractivity contribution in [1.29, 1.82) is 5.26 Å². The second kappa shape index (κ2) is 11.2. The molecule has 1 aliphatic carbocycles. The molecule has 1 saturated heterocycles. The molecule has 0 spiro atoms. The maximum absolute atomic E-state index is 11.6. The number of carbonyl (C=O) groups excluding carboxylic acids is 1. The number of aryl methyl sites for hydroxylation is 1. The fourth-order valence-corrected chi connectivity index (χ4v) is 4.74. The van der Waals surface area contributed by atoms with Crippen LogP contribution in [0.1, 0.15) is 57.4 Å². The highest BCUT2D eigenvalue weighted by atomic mass is 16.1. The van der Waals surface area contributed by atoms with Gasteiger partial charge in [-0.1, -0.05) is 25.5 Å².